The van der Waals surface area contributed by atoms with Gasteiger partial charge in [-0.15, -0.1) is 0 Å². The van der Waals surface area contributed by atoms with Gasteiger partial charge in [0, 0.05) is 12.6 Å². The van der Waals surface area contributed by atoms with Gasteiger partial charge in [-0.3, -0.25) is 0 Å². The molecule has 1 fully saturated rings. The maximum atomic E-state index is 6.05. The maximum absolute atomic E-state index is 6.05. The van der Waals surface area contributed by atoms with Crippen molar-refractivity contribution in [2.75, 3.05) is 18.8 Å². The minimum atomic E-state index is 0.526. The molecule has 0 unspecified atom stereocenters. The van der Waals surface area contributed by atoms with Crippen LogP contribution in [-0.4, -0.2) is 27.6 Å². The number of nitrogen functional groups attached to an aromatic ring is 1. The molecule has 2 aromatic heterocycles. The van der Waals surface area contributed by atoms with Gasteiger partial charge in [0.05, 0.1) is 9.99 Å². The third-order valence-electron chi connectivity index (χ3n) is 3.71. The first-order valence-corrected chi connectivity index (χ1v) is 6.94. The van der Waals surface area contributed by atoms with Crippen LogP contribution in [0, 0.1) is 0 Å². The molecule has 0 bridgehead atoms. The minimum Gasteiger partial charge on any atom is -0.383 e. The van der Waals surface area contributed by atoms with E-state index in [9.17, 15) is 0 Å². The van der Waals surface area contributed by atoms with E-state index in [2.05, 4.69) is 31.2 Å². The molecule has 3 heterocycles. The lowest BCUT2D eigenvalue weighted by Crippen LogP contribution is -2.26. The summed E-state index contributed by atoms with van der Waals surface area (Å²) in [6.07, 6.45) is 3.79. The number of hydrogen-bond acceptors (Lipinski definition) is 4. The van der Waals surface area contributed by atoms with Gasteiger partial charge >= 0.3 is 0 Å². The molecule has 1 aliphatic heterocycles. The number of nitrogens with one attached hydrogen (secondary N) is 1. The first-order valence-electron chi connectivity index (χ1n) is 6.15. The van der Waals surface area contributed by atoms with Gasteiger partial charge in [-0.25, -0.2) is 9.97 Å². The number of halogens is 1. The van der Waals surface area contributed by atoms with Crippen molar-refractivity contribution in [3.63, 3.8) is 0 Å². The summed E-state index contributed by atoms with van der Waals surface area (Å²) < 4.78 is 3.13. The summed E-state index contributed by atoms with van der Waals surface area (Å²) in [5.74, 6) is 1.10. The Morgan fingerprint density at radius 2 is 2.11 bits per heavy atom. The molecular formula is C12H16BrN5. The average molecular weight is 310 g/mol. The van der Waals surface area contributed by atoms with Crippen molar-refractivity contribution < 1.29 is 0 Å². The monoisotopic (exact) mass is 309 g/mol. The predicted molar refractivity (Wildman–Crippen MR) is 75.5 cm³/mol. The van der Waals surface area contributed by atoms with Crippen LogP contribution in [0.3, 0.4) is 0 Å². The van der Waals surface area contributed by atoms with E-state index in [0.717, 1.165) is 41.6 Å². The van der Waals surface area contributed by atoms with Gasteiger partial charge in [0.1, 0.15) is 17.8 Å². The quantitative estimate of drug-likeness (QED) is 0.842. The van der Waals surface area contributed by atoms with Crippen LogP contribution < -0.4 is 11.1 Å². The Bertz CT molecular complexity index is 586. The SMILES string of the molecule is Cn1c(Br)c(C2CCNCC2)c2c(N)ncnc21. The van der Waals surface area contributed by atoms with Crippen LogP contribution in [0.4, 0.5) is 5.82 Å². The zero-order valence-electron chi connectivity index (χ0n) is 10.3. The molecule has 0 aromatic carbocycles. The van der Waals surface area contributed by atoms with E-state index in [-0.39, 0.29) is 0 Å². The Morgan fingerprint density at radius 3 is 2.83 bits per heavy atom. The van der Waals surface area contributed by atoms with E-state index in [1.165, 1.54) is 11.9 Å². The van der Waals surface area contributed by atoms with Crippen molar-refractivity contribution in [3.05, 3.63) is 16.5 Å². The predicted octanol–water partition coefficient (Wildman–Crippen LogP) is 1.78. The van der Waals surface area contributed by atoms with E-state index in [0.29, 0.717) is 11.7 Å². The van der Waals surface area contributed by atoms with E-state index in [1.807, 2.05) is 11.6 Å². The molecule has 6 heteroatoms. The fourth-order valence-electron chi connectivity index (χ4n) is 2.76. The van der Waals surface area contributed by atoms with E-state index >= 15 is 0 Å². The van der Waals surface area contributed by atoms with Gasteiger partial charge < -0.3 is 15.6 Å². The van der Waals surface area contributed by atoms with E-state index < -0.39 is 0 Å². The third-order valence-corrected chi connectivity index (χ3v) is 4.67. The molecule has 1 aliphatic rings. The van der Waals surface area contributed by atoms with Gasteiger partial charge in [0.2, 0.25) is 0 Å². The second-order valence-corrected chi connectivity index (χ2v) is 5.50. The minimum absolute atomic E-state index is 0.526. The van der Waals surface area contributed by atoms with Crippen LogP contribution in [-0.2, 0) is 7.05 Å². The lowest BCUT2D eigenvalue weighted by atomic mass is 9.90. The van der Waals surface area contributed by atoms with Crippen LogP contribution in [0.15, 0.2) is 10.9 Å². The third kappa shape index (κ3) is 1.71. The molecule has 0 atom stereocenters. The van der Waals surface area contributed by atoms with E-state index in [4.69, 9.17) is 5.73 Å². The maximum Gasteiger partial charge on any atom is 0.146 e. The Hall–Kier alpha value is -1.14. The molecule has 5 nitrogen and oxygen atoms in total. The van der Waals surface area contributed by atoms with Crippen LogP contribution >= 0.6 is 15.9 Å². The molecule has 2 aromatic rings. The van der Waals surface area contributed by atoms with Gasteiger partial charge in [-0.2, -0.15) is 0 Å². The smallest absolute Gasteiger partial charge is 0.146 e. The van der Waals surface area contributed by atoms with E-state index in [1.54, 1.807) is 0 Å². The first-order chi connectivity index (χ1) is 8.70. The molecule has 0 saturated carbocycles. The highest BCUT2D eigenvalue weighted by atomic mass is 79.9. The molecular weight excluding hydrogens is 294 g/mol. The summed E-state index contributed by atoms with van der Waals surface area (Å²) in [6.45, 7) is 2.11. The second kappa shape index (κ2) is 4.51. The number of hydrogen-bond donors (Lipinski definition) is 2. The highest BCUT2D eigenvalue weighted by Crippen LogP contribution is 2.39. The molecule has 96 valence electrons. The zero-order chi connectivity index (χ0) is 12.7. The number of piperidine rings is 1. The first kappa shape index (κ1) is 11.9. The number of aryl methyl sites for hydroxylation is 1. The summed E-state index contributed by atoms with van der Waals surface area (Å²) in [4.78, 5) is 8.48. The van der Waals surface area contributed by atoms with Crippen molar-refractivity contribution in [2.45, 2.75) is 18.8 Å². The molecule has 3 N–H and O–H groups in total. The van der Waals surface area contributed by atoms with Crippen LogP contribution in [0.2, 0.25) is 0 Å². The molecule has 3 rings (SSSR count). The van der Waals surface area contributed by atoms with Crippen molar-refractivity contribution in [3.8, 4) is 0 Å². The summed E-state index contributed by atoms with van der Waals surface area (Å²) in [7, 11) is 2.00. The number of rotatable bonds is 1. The molecule has 18 heavy (non-hydrogen) atoms. The zero-order valence-corrected chi connectivity index (χ0v) is 11.9. The largest absolute Gasteiger partial charge is 0.383 e. The van der Waals surface area contributed by atoms with Crippen molar-refractivity contribution in [1.82, 2.24) is 19.9 Å². The number of nitrogens with zero attached hydrogens (tertiary/aromatic N) is 3. The lowest BCUT2D eigenvalue weighted by molar-refractivity contribution is 0.460. The number of nitrogens with two attached hydrogens (primary N) is 1. The highest BCUT2D eigenvalue weighted by Gasteiger charge is 2.25. The Balaban J connectivity index is 2.23. The number of fused-ring (bicyclic) bond motifs is 1. The highest BCUT2D eigenvalue weighted by molar-refractivity contribution is 9.10. The molecule has 0 spiro atoms. The summed E-state index contributed by atoms with van der Waals surface area (Å²) in [5.41, 5.74) is 8.22. The molecule has 0 radical (unpaired) electrons. The normalized spacial score (nSPS) is 17.4. The standard InChI is InChI=1S/C12H16BrN5/c1-18-10(13)8(7-2-4-15-5-3-7)9-11(14)16-6-17-12(9)18/h6-7,15H,2-5H2,1H3,(H2,14,16,17). The average Bonchev–Trinajstić information content (AvgIpc) is 2.65. The Morgan fingerprint density at radius 1 is 1.39 bits per heavy atom. The van der Waals surface area contributed by atoms with Crippen LogP contribution in [0.1, 0.15) is 24.3 Å². The topological polar surface area (TPSA) is 68.8 Å². The molecule has 1 saturated heterocycles. The number of anilines is 1. The fraction of sp³-hybridized carbons (Fsp3) is 0.500. The van der Waals surface area contributed by atoms with Crippen LogP contribution in [0.25, 0.3) is 11.0 Å². The van der Waals surface area contributed by atoms with Crippen molar-refractivity contribution in [2.24, 2.45) is 7.05 Å². The Kier molecular flexibility index (Phi) is 2.99. The van der Waals surface area contributed by atoms with Gasteiger partial charge in [0.15, 0.2) is 0 Å². The molecule has 0 aliphatic carbocycles. The number of aromatic nitrogens is 3. The van der Waals surface area contributed by atoms with Crippen LogP contribution in [0.5, 0.6) is 0 Å². The fourth-order valence-corrected chi connectivity index (χ4v) is 3.45. The van der Waals surface area contributed by atoms with Gasteiger partial charge in [-0.05, 0) is 47.8 Å². The summed E-state index contributed by atoms with van der Waals surface area (Å²) >= 11 is 3.68. The summed E-state index contributed by atoms with van der Waals surface area (Å²) in [6, 6.07) is 0. The van der Waals surface area contributed by atoms with Gasteiger partial charge in [-0.1, -0.05) is 0 Å². The lowest BCUT2D eigenvalue weighted by Gasteiger charge is -2.23. The Labute approximate surface area is 114 Å². The van der Waals surface area contributed by atoms with Crippen molar-refractivity contribution in [1.29, 1.82) is 0 Å². The molecule has 0 amide bonds. The second-order valence-electron chi connectivity index (χ2n) is 4.75. The van der Waals surface area contributed by atoms with Crippen molar-refractivity contribution >= 4 is 32.8 Å². The summed E-state index contributed by atoms with van der Waals surface area (Å²) in [5, 5.41) is 4.40. The van der Waals surface area contributed by atoms with Gasteiger partial charge in [0.25, 0.3) is 0 Å².